The first kappa shape index (κ1) is 22.0. The lowest BCUT2D eigenvalue weighted by atomic mass is 10.1. The van der Waals surface area contributed by atoms with Gasteiger partial charge in [-0.2, -0.15) is 9.49 Å². The van der Waals surface area contributed by atoms with E-state index in [1.165, 1.54) is 6.07 Å². The van der Waals surface area contributed by atoms with Gasteiger partial charge in [0.1, 0.15) is 16.9 Å². The molecule has 3 N–H and O–H groups in total. The van der Waals surface area contributed by atoms with Crippen molar-refractivity contribution in [3.63, 3.8) is 0 Å². The number of hydrogen-bond acceptors (Lipinski definition) is 7. The van der Waals surface area contributed by atoms with Crippen molar-refractivity contribution in [2.45, 2.75) is 13.8 Å². The Morgan fingerprint density at radius 1 is 1.06 bits per heavy atom. The molecular formula is C25H19FN8OS. The third kappa shape index (κ3) is 3.89. The summed E-state index contributed by atoms with van der Waals surface area (Å²) in [5, 5.41) is 10.9. The third-order valence-corrected chi connectivity index (χ3v) is 6.59. The molecule has 0 saturated heterocycles. The Morgan fingerprint density at radius 2 is 1.94 bits per heavy atom. The molecule has 0 spiro atoms. The minimum Gasteiger partial charge on any atom is -0.336 e. The predicted octanol–water partition coefficient (Wildman–Crippen LogP) is 5.42. The number of hydrogen-bond donors (Lipinski definition) is 3. The van der Waals surface area contributed by atoms with Gasteiger partial charge in [0.25, 0.3) is 0 Å². The van der Waals surface area contributed by atoms with E-state index < -0.39 is 0 Å². The van der Waals surface area contributed by atoms with E-state index in [9.17, 15) is 9.18 Å². The van der Waals surface area contributed by atoms with Crippen LogP contribution in [0.2, 0.25) is 0 Å². The van der Waals surface area contributed by atoms with Gasteiger partial charge >= 0.3 is 0 Å². The molecule has 11 heteroatoms. The standard InChI is InChI=1S/C25H19FN8OS/c1-12(2)25(35)30-14-7-13(9-27-10-14)17-8-15-18(11-29-17)33-34-21(15)24-31-16-5-6-28-23(22(16)32-24)19-3-4-20(26)36-19/h3-12H,1-2H3,(H,30,35)(H,31,32)(H,33,34). The topological polar surface area (TPSA) is 125 Å². The van der Waals surface area contributed by atoms with Crippen LogP contribution in [0.1, 0.15) is 13.8 Å². The number of anilines is 1. The average molecular weight is 499 g/mol. The molecule has 36 heavy (non-hydrogen) atoms. The quantitative estimate of drug-likeness (QED) is 0.291. The number of nitrogens with zero attached hydrogens (tertiary/aromatic N) is 5. The maximum absolute atomic E-state index is 13.6. The Bertz CT molecular complexity index is 1750. The molecule has 6 rings (SSSR count). The van der Waals surface area contributed by atoms with Crippen LogP contribution in [0.4, 0.5) is 10.1 Å². The summed E-state index contributed by atoms with van der Waals surface area (Å²) in [5.41, 5.74) is 5.40. The zero-order chi connectivity index (χ0) is 24.8. The Kier molecular flexibility index (Phi) is 5.26. The Balaban J connectivity index is 1.41. The summed E-state index contributed by atoms with van der Waals surface area (Å²) in [6.07, 6.45) is 6.66. The first-order valence-corrected chi connectivity index (χ1v) is 12.0. The molecular weight excluding hydrogens is 479 g/mol. The van der Waals surface area contributed by atoms with Gasteiger partial charge in [-0.25, -0.2) is 4.98 Å². The molecule has 178 valence electrons. The molecule has 0 saturated carbocycles. The van der Waals surface area contributed by atoms with E-state index >= 15 is 0 Å². The Labute approximate surface area is 207 Å². The molecule has 6 heterocycles. The fourth-order valence-electron chi connectivity index (χ4n) is 3.86. The van der Waals surface area contributed by atoms with Crippen LogP contribution in [0.3, 0.4) is 0 Å². The van der Waals surface area contributed by atoms with Crippen molar-refractivity contribution in [1.29, 1.82) is 0 Å². The maximum atomic E-state index is 13.6. The fraction of sp³-hybridized carbons (Fsp3) is 0.120. The van der Waals surface area contributed by atoms with Crippen molar-refractivity contribution >= 4 is 44.9 Å². The van der Waals surface area contributed by atoms with E-state index in [0.717, 1.165) is 33.3 Å². The molecule has 1 amide bonds. The number of thiophene rings is 1. The summed E-state index contributed by atoms with van der Waals surface area (Å²) in [4.78, 5) is 34.1. The normalized spacial score (nSPS) is 11.6. The second-order valence-corrected chi connectivity index (χ2v) is 9.57. The zero-order valence-electron chi connectivity index (χ0n) is 19.2. The van der Waals surface area contributed by atoms with Crippen LogP contribution < -0.4 is 5.32 Å². The number of carbonyl (C=O) groups excluding carboxylic acids is 1. The monoisotopic (exact) mass is 498 g/mol. The number of amides is 1. The van der Waals surface area contributed by atoms with Crippen LogP contribution in [-0.2, 0) is 4.79 Å². The second-order valence-electron chi connectivity index (χ2n) is 8.54. The summed E-state index contributed by atoms with van der Waals surface area (Å²) in [5.74, 6) is 0.323. The first-order chi connectivity index (χ1) is 17.5. The maximum Gasteiger partial charge on any atom is 0.226 e. The summed E-state index contributed by atoms with van der Waals surface area (Å²) in [6.45, 7) is 3.66. The van der Waals surface area contributed by atoms with Crippen molar-refractivity contribution in [3.05, 3.63) is 60.3 Å². The van der Waals surface area contributed by atoms with Crippen molar-refractivity contribution in [2.75, 3.05) is 5.32 Å². The highest BCUT2D eigenvalue weighted by Crippen LogP contribution is 2.33. The van der Waals surface area contributed by atoms with Gasteiger partial charge in [-0.3, -0.25) is 24.8 Å². The lowest BCUT2D eigenvalue weighted by Gasteiger charge is -2.08. The average Bonchev–Trinajstić information content (AvgIpc) is 3.61. The minimum absolute atomic E-state index is 0.0847. The number of nitrogens with one attached hydrogen (secondary N) is 3. The molecule has 0 radical (unpaired) electrons. The number of imidazole rings is 1. The van der Waals surface area contributed by atoms with Crippen LogP contribution in [0, 0.1) is 11.0 Å². The molecule has 0 aromatic carbocycles. The number of H-pyrrole nitrogens is 2. The smallest absolute Gasteiger partial charge is 0.226 e. The zero-order valence-corrected chi connectivity index (χ0v) is 20.0. The Morgan fingerprint density at radius 3 is 2.75 bits per heavy atom. The molecule has 0 aliphatic carbocycles. The van der Waals surface area contributed by atoms with Crippen molar-refractivity contribution in [1.82, 2.24) is 35.1 Å². The molecule has 0 atom stereocenters. The summed E-state index contributed by atoms with van der Waals surface area (Å²) < 4.78 is 13.6. The molecule has 0 unspecified atom stereocenters. The third-order valence-electron chi connectivity index (χ3n) is 5.71. The number of fused-ring (bicyclic) bond motifs is 2. The lowest BCUT2D eigenvalue weighted by molar-refractivity contribution is -0.118. The van der Waals surface area contributed by atoms with Crippen LogP contribution in [0.25, 0.3) is 55.3 Å². The van der Waals surface area contributed by atoms with E-state index in [2.05, 4.69) is 35.5 Å². The lowest BCUT2D eigenvalue weighted by Crippen LogP contribution is -2.17. The van der Waals surface area contributed by atoms with Crippen LogP contribution in [0.5, 0.6) is 0 Å². The van der Waals surface area contributed by atoms with E-state index in [-0.39, 0.29) is 17.0 Å². The van der Waals surface area contributed by atoms with Gasteiger partial charge in [-0.05, 0) is 30.3 Å². The number of halogens is 1. The molecule has 0 aliphatic rings. The number of pyridine rings is 3. The summed E-state index contributed by atoms with van der Waals surface area (Å²) in [7, 11) is 0. The summed E-state index contributed by atoms with van der Waals surface area (Å²) in [6, 6.07) is 8.68. The molecule has 9 nitrogen and oxygen atoms in total. The minimum atomic E-state index is -0.278. The highest BCUT2D eigenvalue weighted by Gasteiger charge is 2.18. The highest BCUT2D eigenvalue weighted by atomic mass is 32.1. The van der Waals surface area contributed by atoms with Gasteiger partial charge < -0.3 is 10.3 Å². The number of carbonyl (C=O) groups is 1. The Hall–Kier alpha value is -4.51. The first-order valence-electron chi connectivity index (χ1n) is 11.2. The van der Waals surface area contributed by atoms with Crippen LogP contribution in [0.15, 0.2) is 55.1 Å². The van der Waals surface area contributed by atoms with E-state index in [4.69, 9.17) is 4.98 Å². The van der Waals surface area contributed by atoms with Crippen LogP contribution in [-0.4, -0.2) is 41.0 Å². The predicted molar refractivity (Wildman–Crippen MR) is 137 cm³/mol. The largest absolute Gasteiger partial charge is 0.336 e. The van der Waals surface area contributed by atoms with Crippen LogP contribution >= 0.6 is 11.3 Å². The molecule has 0 bridgehead atoms. The van der Waals surface area contributed by atoms with Gasteiger partial charge in [0.15, 0.2) is 11.0 Å². The SMILES string of the molecule is CC(C)C(=O)Nc1cncc(-c2cc3c(-c4nc5c(-c6ccc(F)s6)nccc5[nH]4)n[nH]c3cn2)c1. The van der Waals surface area contributed by atoms with Crippen molar-refractivity contribution in [3.8, 4) is 33.3 Å². The molecule has 6 aromatic rings. The van der Waals surface area contributed by atoms with Gasteiger partial charge in [-0.1, -0.05) is 13.8 Å². The second kappa shape index (κ2) is 8.61. The van der Waals surface area contributed by atoms with E-state index in [1.807, 2.05) is 32.0 Å². The highest BCUT2D eigenvalue weighted by molar-refractivity contribution is 7.13. The molecule has 0 aliphatic heterocycles. The number of rotatable bonds is 5. The van der Waals surface area contributed by atoms with Gasteiger partial charge in [-0.15, -0.1) is 11.3 Å². The fourth-order valence-corrected chi connectivity index (χ4v) is 4.59. The summed E-state index contributed by atoms with van der Waals surface area (Å²) >= 11 is 1.03. The van der Waals surface area contributed by atoms with Gasteiger partial charge in [0.2, 0.25) is 5.91 Å². The van der Waals surface area contributed by atoms with E-state index in [1.54, 1.807) is 30.9 Å². The van der Waals surface area contributed by atoms with Crippen molar-refractivity contribution in [2.24, 2.45) is 5.92 Å². The number of aromatic amines is 2. The van der Waals surface area contributed by atoms with Gasteiger partial charge in [0.05, 0.1) is 39.7 Å². The van der Waals surface area contributed by atoms with Crippen molar-refractivity contribution < 1.29 is 9.18 Å². The van der Waals surface area contributed by atoms with E-state index in [0.29, 0.717) is 39.0 Å². The molecule has 6 aromatic heterocycles. The van der Waals surface area contributed by atoms with Gasteiger partial charge in [0, 0.05) is 29.3 Å². The molecule has 0 fully saturated rings. The number of aromatic nitrogens is 7.